The molecule has 1 aromatic carbocycles. The highest BCUT2D eigenvalue weighted by Gasteiger charge is 2.25. The van der Waals surface area contributed by atoms with Crippen molar-refractivity contribution >= 4 is 5.97 Å². The third-order valence-electron chi connectivity index (χ3n) is 3.59. The van der Waals surface area contributed by atoms with E-state index in [4.69, 9.17) is 4.74 Å². The molecule has 23 heavy (non-hydrogen) atoms. The minimum Gasteiger partial charge on any atom is -0.485 e. The van der Waals surface area contributed by atoms with Crippen LogP contribution in [-0.2, 0) is 11.4 Å². The third kappa shape index (κ3) is 4.06. The molecule has 0 amide bonds. The van der Waals surface area contributed by atoms with Gasteiger partial charge in [-0.1, -0.05) is 32.0 Å². The largest absolute Gasteiger partial charge is 0.485 e. The smallest absolute Gasteiger partial charge is 0.328 e. The Morgan fingerprint density at radius 2 is 1.96 bits per heavy atom. The van der Waals surface area contributed by atoms with Gasteiger partial charge in [-0.05, 0) is 47.7 Å². The van der Waals surface area contributed by atoms with E-state index < -0.39 is 12.0 Å². The van der Waals surface area contributed by atoms with E-state index in [0.29, 0.717) is 12.2 Å². The Morgan fingerprint density at radius 3 is 2.52 bits per heavy atom. The maximum atomic E-state index is 11.5. The SMILES string of the molecule is Cc1cccc(C)c1OCc1nnnn1C(CC(C)C)C(=O)O. The Kier molecular flexibility index (Phi) is 5.31. The Labute approximate surface area is 135 Å². The van der Waals surface area contributed by atoms with Crippen LogP contribution in [0.1, 0.15) is 43.3 Å². The molecule has 0 fully saturated rings. The molecule has 0 aliphatic heterocycles. The number of aryl methyl sites for hydroxylation is 2. The fourth-order valence-electron chi connectivity index (χ4n) is 2.46. The van der Waals surface area contributed by atoms with Gasteiger partial charge in [-0.25, -0.2) is 9.48 Å². The molecule has 7 nitrogen and oxygen atoms in total. The lowest BCUT2D eigenvalue weighted by Crippen LogP contribution is -2.24. The standard InChI is InChI=1S/C16H22N4O3/c1-10(2)8-13(16(21)22)20-14(17-18-19-20)9-23-15-11(3)6-5-7-12(15)4/h5-7,10,13H,8-9H2,1-4H3,(H,21,22). The Bertz CT molecular complexity index is 661. The quantitative estimate of drug-likeness (QED) is 0.843. The molecule has 0 aliphatic carbocycles. The van der Waals surface area contributed by atoms with Crippen LogP contribution in [0.2, 0.25) is 0 Å². The number of aromatic nitrogens is 4. The molecular weight excluding hydrogens is 296 g/mol. The van der Waals surface area contributed by atoms with Crippen molar-refractivity contribution in [3.63, 3.8) is 0 Å². The van der Waals surface area contributed by atoms with E-state index in [0.717, 1.165) is 16.9 Å². The van der Waals surface area contributed by atoms with E-state index >= 15 is 0 Å². The monoisotopic (exact) mass is 318 g/mol. The van der Waals surface area contributed by atoms with Gasteiger partial charge in [0.1, 0.15) is 12.4 Å². The topological polar surface area (TPSA) is 90.1 Å². The number of ether oxygens (including phenoxy) is 1. The van der Waals surface area contributed by atoms with Crippen LogP contribution in [0, 0.1) is 19.8 Å². The summed E-state index contributed by atoms with van der Waals surface area (Å²) in [4.78, 5) is 11.5. The molecule has 0 saturated heterocycles. The minimum atomic E-state index is -0.945. The van der Waals surface area contributed by atoms with Crippen LogP contribution in [0.3, 0.4) is 0 Å². The van der Waals surface area contributed by atoms with Gasteiger partial charge in [0, 0.05) is 0 Å². The number of hydrogen-bond donors (Lipinski definition) is 1. The summed E-state index contributed by atoms with van der Waals surface area (Å²) in [5.41, 5.74) is 2.03. The highest BCUT2D eigenvalue weighted by molar-refractivity contribution is 5.71. The highest BCUT2D eigenvalue weighted by Crippen LogP contribution is 2.24. The number of carboxylic acids is 1. The summed E-state index contributed by atoms with van der Waals surface area (Å²) in [6.45, 7) is 7.98. The molecule has 0 saturated carbocycles. The number of benzene rings is 1. The summed E-state index contributed by atoms with van der Waals surface area (Å²) in [6, 6.07) is 5.10. The van der Waals surface area contributed by atoms with Crippen LogP contribution in [0.25, 0.3) is 0 Å². The van der Waals surface area contributed by atoms with Gasteiger partial charge in [-0.2, -0.15) is 0 Å². The zero-order chi connectivity index (χ0) is 17.0. The van der Waals surface area contributed by atoms with Crippen molar-refractivity contribution in [3.05, 3.63) is 35.2 Å². The molecule has 1 atom stereocenters. The lowest BCUT2D eigenvalue weighted by atomic mass is 10.0. The molecule has 0 radical (unpaired) electrons. The van der Waals surface area contributed by atoms with Gasteiger partial charge in [0.05, 0.1) is 0 Å². The molecule has 7 heteroatoms. The molecule has 1 aromatic heterocycles. The lowest BCUT2D eigenvalue weighted by Gasteiger charge is -2.17. The van der Waals surface area contributed by atoms with Gasteiger partial charge in [-0.3, -0.25) is 0 Å². The normalized spacial score (nSPS) is 12.4. The van der Waals surface area contributed by atoms with Crippen molar-refractivity contribution < 1.29 is 14.6 Å². The van der Waals surface area contributed by atoms with E-state index in [9.17, 15) is 9.90 Å². The minimum absolute atomic E-state index is 0.126. The summed E-state index contributed by atoms with van der Waals surface area (Å²) in [7, 11) is 0. The zero-order valence-electron chi connectivity index (χ0n) is 13.9. The molecule has 0 aliphatic rings. The van der Waals surface area contributed by atoms with E-state index in [2.05, 4.69) is 15.5 Å². The molecule has 1 N–H and O–H groups in total. The van der Waals surface area contributed by atoms with Crippen molar-refractivity contribution in [2.45, 2.75) is 46.8 Å². The number of tetrazole rings is 1. The third-order valence-corrected chi connectivity index (χ3v) is 3.59. The van der Waals surface area contributed by atoms with Gasteiger partial charge >= 0.3 is 5.97 Å². The molecule has 1 unspecified atom stereocenters. The van der Waals surface area contributed by atoms with Crippen LogP contribution in [0.4, 0.5) is 0 Å². The molecule has 2 aromatic rings. The molecule has 124 valence electrons. The average molecular weight is 318 g/mol. The first-order chi connectivity index (χ1) is 10.9. The first-order valence-electron chi connectivity index (χ1n) is 7.58. The van der Waals surface area contributed by atoms with Crippen molar-refractivity contribution in [2.24, 2.45) is 5.92 Å². The van der Waals surface area contributed by atoms with E-state index in [1.54, 1.807) is 0 Å². The number of aliphatic carboxylic acids is 1. The predicted molar refractivity (Wildman–Crippen MR) is 84.2 cm³/mol. The molecule has 2 rings (SSSR count). The van der Waals surface area contributed by atoms with E-state index in [1.165, 1.54) is 4.68 Å². The second-order valence-electron chi connectivity index (χ2n) is 6.03. The molecule has 0 bridgehead atoms. The maximum absolute atomic E-state index is 11.5. The molecule has 0 spiro atoms. The number of nitrogens with zero attached hydrogens (tertiary/aromatic N) is 4. The first-order valence-corrected chi connectivity index (χ1v) is 7.58. The Morgan fingerprint density at radius 1 is 1.30 bits per heavy atom. The molecular formula is C16H22N4O3. The Hall–Kier alpha value is -2.44. The van der Waals surface area contributed by atoms with Crippen LogP contribution >= 0.6 is 0 Å². The van der Waals surface area contributed by atoms with Crippen LogP contribution in [0.5, 0.6) is 5.75 Å². The number of carboxylic acid groups (broad SMARTS) is 1. The Balaban J connectivity index is 2.19. The van der Waals surface area contributed by atoms with Crippen LogP contribution in [-0.4, -0.2) is 31.3 Å². The summed E-state index contributed by atoms with van der Waals surface area (Å²) in [5, 5.41) is 20.8. The van der Waals surface area contributed by atoms with Crippen molar-refractivity contribution in [2.75, 3.05) is 0 Å². The lowest BCUT2D eigenvalue weighted by molar-refractivity contribution is -0.141. The predicted octanol–water partition coefficient (Wildman–Crippen LogP) is 2.54. The fourth-order valence-corrected chi connectivity index (χ4v) is 2.46. The zero-order valence-corrected chi connectivity index (χ0v) is 13.9. The van der Waals surface area contributed by atoms with Crippen molar-refractivity contribution in [1.29, 1.82) is 0 Å². The number of carbonyl (C=O) groups is 1. The maximum Gasteiger partial charge on any atom is 0.328 e. The summed E-state index contributed by atoms with van der Waals surface area (Å²) < 4.78 is 7.17. The highest BCUT2D eigenvalue weighted by atomic mass is 16.5. The number of rotatable bonds is 7. The second kappa shape index (κ2) is 7.21. The van der Waals surface area contributed by atoms with Gasteiger partial charge in [0.25, 0.3) is 0 Å². The van der Waals surface area contributed by atoms with E-state index in [-0.39, 0.29) is 12.5 Å². The molecule has 1 heterocycles. The van der Waals surface area contributed by atoms with Crippen molar-refractivity contribution in [1.82, 2.24) is 20.2 Å². The van der Waals surface area contributed by atoms with Gasteiger partial charge in [0.2, 0.25) is 0 Å². The van der Waals surface area contributed by atoms with Crippen LogP contribution < -0.4 is 4.74 Å². The van der Waals surface area contributed by atoms with Gasteiger partial charge < -0.3 is 9.84 Å². The number of hydrogen-bond acceptors (Lipinski definition) is 5. The van der Waals surface area contributed by atoms with E-state index in [1.807, 2.05) is 45.9 Å². The van der Waals surface area contributed by atoms with Gasteiger partial charge in [0.15, 0.2) is 11.9 Å². The summed E-state index contributed by atoms with van der Waals surface area (Å²) in [5.74, 6) is 0.450. The first kappa shape index (κ1) is 16.9. The van der Waals surface area contributed by atoms with Crippen LogP contribution in [0.15, 0.2) is 18.2 Å². The van der Waals surface area contributed by atoms with Gasteiger partial charge in [-0.15, -0.1) is 5.10 Å². The fraction of sp³-hybridized carbons (Fsp3) is 0.500. The number of para-hydroxylation sites is 1. The second-order valence-corrected chi connectivity index (χ2v) is 6.03. The van der Waals surface area contributed by atoms with Crippen molar-refractivity contribution in [3.8, 4) is 5.75 Å². The summed E-state index contributed by atoms with van der Waals surface area (Å²) >= 11 is 0. The average Bonchev–Trinajstić information content (AvgIpc) is 2.92. The summed E-state index contributed by atoms with van der Waals surface area (Å²) in [6.07, 6.45) is 0.455.